The minimum Gasteiger partial charge on any atom is -0.490 e. The van der Waals surface area contributed by atoms with Crippen molar-refractivity contribution in [3.05, 3.63) is 29.3 Å². The SMILES string of the molecule is CC.CC.CN1CCC(Oc2ccc(C(=O)O)cc2C(F)(F)F)CC1. The highest BCUT2D eigenvalue weighted by atomic mass is 19.4. The number of hydrogen-bond donors (Lipinski definition) is 1. The van der Waals surface area contributed by atoms with Crippen molar-refractivity contribution >= 4 is 5.97 Å². The number of carbonyl (C=O) groups is 1. The second kappa shape index (κ2) is 11.0. The van der Waals surface area contributed by atoms with E-state index in [0.717, 1.165) is 25.2 Å². The van der Waals surface area contributed by atoms with Crippen LogP contribution in [0.5, 0.6) is 5.75 Å². The van der Waals surface area contributed by atoms with E-state index in [1.54, 1.807) is 0 Å². The van der Waals surface area contributed by atoms with Crippen LogP contribution in [0.3, 0.4) is 0 Å². The van der Waals surface area contributed by atoms with Gasteiger partial charge in [0, 0.05) is 13.1 Å². The van der Waals surface area contributed by atoms with Crippen LogP contribution in [0, 0.1) is 0 Å². The summed E-state index contributed by atoms with van der Waals surface area (Å²) in [5.74, 6) is -1.70. The van der Waals surface area contributed by atoms with Crippen molar-refractivity contribution in [3.8, 4) is 5.75 Å². The molecule has 1 saturated heterocycles. The van der Waals surface area contributed by atoms with Crippen molar-refractivity contribution in [2.45, 2.75) is 52.8 Å². The molecule has 1 N–H and O–H groups in total. The Balaban J connectivity index is 0.00000134. The number of nitrogens with zero attached hydrogens (tertiary/aromatic N) is 1. The van der Waals surface area contributed by atoms with E-state index in [-0.39, 0.29) is 11.9 Å². The normalized spacial score (nSPS) is 15.4. The van der Waals surface area contributed by atoms with Gasteiger partial charge in [-0.2, -0.15) is 13.2 Å². The predicted molar refractivity (Wildman–Crippen MR) is 92.2 cm³/mol. The number of likely N-dealkylation sites (tertiary alicyclic amines) is 1. The molecular weight excluding hydrogens is 335 g/mol. The summed E-state index contributed by atoms with van der Waals surface area (Å²) in [5.41, 5.74) is -1.45. The molecule has 0 amide bonds. The predicted octanol–water partition coefficient (Wildman–Crippen LogP) is 4.93. The van der Waals surface area contributed by atoms with Gasteiger partial charge in [-0.05, 0) is 38.1 Å². The van der Waals surface area contributed by atoms with Gasteiger partial charge in [0.2, 0.25) is 0 Å². The molecule has 1 aliphatic heterocycles. The van der Waals surface area contributed by atoms with Crippen molar-refractivity contribution in [1.29, 1.82) is 0 Å². The van der Waals surface area contributed by atoms with E-state index in [9.17, 15) is 18.0 Å². The van der Waals surface area contributed by atoms with Gasteiger partial charge >= 0.3 is 12.1 Å². The molecule has 1 fully saturated rings. The summed E-state index contributed by atoms with van der Waals surface area (Å²) in [5, 5.41) is 8.80. The third-order valence-electron chi connectivity index (χ3n) is 3.49. The van der Waals surface area contributed by atoms with Crippen molar-refractivity contribution in [1.82, 2.24) is 4.90 Å². The zero-order valence-corrected chi connectivity index (χ0v) is 15.5. The van der Waals surface area contributed by atoms with Crippen LogP contribution in [0.1, 0.15) is 56.5 Å². The molecule has 0 unspecified atom stereocenters. The summed E-state index contributed by atoms with van der Waals surface area (Å²) in [6.45, 7) is 9.53. The third-order valence-corrected chi connectivity index (χ3v) is 3.49. The first-order chi connectivity index (χ1) is 11.8. The Morgan fingerprint density at radius 3 is 2.12 bits per heavy atom. The number of alkyl halides is 3. The molecule has 1 aliphatic rings. The van der Waals surface area contributed by atoms with Crippen LogP contribution in [0.2, 0.25) is 0 Å². The van der Waals surface area contributed by atoms with Gasteiger partial charge in [0.15, 0.2) is 0 Å². The van der Waals surface area contributed by atoms with E-state index < -0.39 is 23.3 Å². The molecular formula is C18H28F3NO3. The van der Waals surface area contributed by atoms with Crippen LogP contribution < -0.4 is 4.74 Å². The van der Waals surface area contributed by atoms with E-state index in [1.165, 1.54) is 0 Å². The second-order valence-electron chi connectivity index (χ2n) is 5.13. The number of benzene rings is 1. The molecule has 4 nitrogen and oxygen atoms in total. The zero-order chi connectivity index (χ0) is 19.6. The van der Waals surface area contributed by atoms with E-state index in [1.807, 2.05) is 34.7 Å². The minimum absolute atomic E-state index is 0.280. The molecule has 0 radical (unpaired) electrons. The summed E-state index contributed by atoms with van der Waals surface area (Å²) in [6, 6.07) is 2.83. The van der Waals surface area contributed by atoms with Gasteiger partial charge in [0.25, 0.3) is 0 Å². The lowest BCUT2D eigenvalue weighted by atomic mass is 10.1. The Morgan fingerprint density at radius 1 is 1.16 bits per heavy atom. The molecule has 144 valence electrons. The van der Waals surface area contributed by atoms with Crippen LogP contribution in [0.15, 0.2) is 18.2 Å². The van der Waals surface area contributed by atoms with E-state index in [2.05, 4.69) is 4.90 Å². The second-order valence-corrected chi connectivity index (χ2v) is 5.13. The Kier molecular flexibility index (Phi) is 10.2. The molecule has 1 aromatic rings. The lowest BCUT2D eigenvalue weighted by Crippen LogP contribution is -2.36. The quantitative estimate of drug-likeness (QED) is 0.827. The Bertz CT molecular complexity index is 525. The topological polar surface area (TPSA) is 49.8 Å². The molecule has 7 heteroatoms. The summed E-state index contributed by atoms with van der Waals surface area (Å²) >= 11 is 0. The van der Waals surface area contributed by atoms with E-state index in [4.69, 9.17) is 9.84 Å². The van der Waals surface area contributed by atoms with Crippen molar-refractivity contribution < 1.29 is 27.8 Å². The van der Waals surface area contributed by atoms with Gasteiger partial charge in [0.1, 0.15) is 11.9 Å². The van der Waals surface area contributed by atoms with Crippen LogP contribution in [-0.4, -0.2) is 42.2 Å². The molecule has 25 heavy (non-hydrogen) atoms. The maximum Gasteiger partial charge on any atom is 0.419 e. The minimum atomic E-state index is -4.65. The van der Waals surface area contributed by atoms with Gasteiger partial charge in [-0.15, -0.1) is 0 Å². The maximum absolute atomic E-state index is 13.0. The average molecular weight is 363 g/mol. The van der Waals surface area contributed by atoms with Gasteiger partial charge < -0.3 is 14.7 Å². The van der Waals surface area contributed by atoms with Crippen molar-refractivity contribution in [2.24, 2.45) is 0 Å². The lowest BCUT2D eigenvalue weighted by molar-refractivity contribution is -0.139. The highest BCUT2D eigenvalue weighted by molar-refractivity contribution is 5.88. The highest BCUT2D eigenvalue weighted by Gasteiger charge is 2.36. The molecule has 0 bridgehead atoms. The monoisotopic (exact) mass is 363 g/mol. The van der Waals surface area contributed by atoms with Gasteiger partial charge in [0.05, 0.1) is 11.1 Å². The van der Waals surface area contributed by atoms with Crippen LogP contribution in [-0.2, 0) is 6.18 Å². The van der Waals surface area contributed by atoms with Crippen LogP contribution in [0.4, 0.5) is 13.2 Å². The van der Waals surface area contributed by atoms with Gasteiger partial charge in [-0.1, -0.05) is 27.7 Å². The summed E-state index contributed by atoms with van der Waals surface area (Å²) in [6.07, 6.45) is -3.63. The number of hydrogen-bond acceptors (Lipinski definition) is 3. The first-order valence-corrected chi connectivity index (χ1v) is 8.57. The van der Waals surface area contributed by atoms with Gasteiger partial charge in [-0.25, -0.2) is 4.79 Å². The van der Waals surface area contributed by atoms with Crippen LogP contribution in [0.25, 0.3) is 0 Å². The third kappa shape index (κ3) is 7.34. The number of rotatable bonds is 3. The fourth-order valence-corrected chi connectivity index (χ4v) is 2.27. The molecule has 2 rings (SSSR count). The fraction of sp³-hybridized carbons (Fsp3) is 0.611. The molecule has 1 heterocycles. The summed E-state index contributed by atoms with van der Waals surface area (Å²) in [4.78, 5) is 12.9. The molecule has 0 aromatic heterocycles. The van der Waals surface area contributed by atoms with Gasteiger partial charge in [-0.3, -0.25) is 0 Å². The number of carboxylic acid groups (broad SMARTS) is 1. The van der Waals surface area contributed by atoms with E-state index in [0.29, 0.717) is 18.9 Å². The first kappa shape index (κ1) is 23.2. The largest absolute Gasteiger partial charge is 0.490 e. The fourth-order valence-electron chi connectivity index (χ4n) is 2.27. The van der Waals surface area contributed by atoms with Crippen molar-refractivity contribution in [2.75, 3.05) is 20.1 Å². The summed E-state index contributed by atoms with van der Waals surface area (Å²) < 4.78 is 44.5. The smallest absolute Gasteiger partial charge is 0.419 e. The summed E-state index contributed by atoms with van der Waals surface area (Å²) in [7, 11) is 1.94. The van der Waals surface area contributed by atoms with Crippen LogP contribution >= 0.6 is 0 Å². The Labute approximate surface area is 147 Å². The highest BCUT2D eigenvalue weighted by Crippen LogP contribution is 2.37. The average Bonchev–Trinajstić information content (AvgIpc) is 2.59. The van der Waals surface area contributed by atoms with E-state index >= 15 is 0 Å². The molecule has 1 aromatic carbocycles. The van der Waals surface area contributed by atoms with Crippen molar-refractivity contribution in [3.63, 3.8) is 0 Å². The molecule has 0 spiro atoms. The molecule has 0 atom stereocenters. The number of halogens is 3. The number of ether oxygens (including phenoxy) is 1. The Morgan fingerprint density at radius 2 is 1.68 bits per heavy atom. The Hall–Kier alpha value is -1.76. The maximum atomic E-state index is 13.0. The first-order valence-electron chi connectivity index (χ1n) is 8.57. The number of piperidine rings is 1. The number of carboxylic acids is 1. The number of aromatic carboxylic acids is 1. The molecule has 0 saturated carbocycles. The molecule has 0 aliphatic carbocycles. The standard InChI is InChI=1S/C14H16F3NO3.2C2H6/c1-18-6-4-10(5-7-18)21-12-3-2-9(13(19)20)8-11(12)14(15,16)17;2*1-2/h2-3,8,10H,4-7H2,1H3,(H,19,20);2*1-2H3. The zero-order valence-electron chi connectivity index (χ0n) is 15.5. The lowest BCUT2D eigenvalue weighted by Gasteiger charge is -2.30.